The molecular weight excluding hydrogens is 236 g/mol. The minimum Gasteiger partial charge on any atom is -0.464 e. The first-order valence-corrected chi connectivity index (χ1v) is 6.49. The van der Waals surface area contributed by atoms with Gasteiger partial charge in [0.15, 0.2) is 0 Å². The molecule has 5 nitrogen and oxygen atoms in total. The Morgan fingerprint density at radius 2 is 1.67 bits per heavy atom. The summed E-state index contributed by atoms with van der Waals surface area (Å²) in [5.41, 5.74) is 0. The first-order valence-electron chi connectivity index (χ1n) is 6.49. The van der Waals surface area contributed by atoms with Crippen LogP contribution in [0.2, 0.25) is 0 Å². The number of rotatable bonds is 10. The van der Waals surface area contributed by atoms with Crippen molar-refractivity contribution < 1.29 is 23.8 Å². The number of carbonyl (C=O) groups excluding carboxylic acids is 2. The molecule has 0 radical (unpaired) electrons. The van der Waals surface area contributed by atoms with Crippen LogP contribution in [0.1, 0.15) is 40.0 Å². The van der Waals surface area contributed by atoms with Crippen molar-refractivity contribution in [1.82, 2.24) is 0 Å². The van der Waals surface area contributed by atoms with Gasteiger partial charge in [0.2, 0.25) is 0 Å². The van der Waals surface area contributed by atoms with Crippen molar-refractivity contribution in [3.05, 3.63) is 0 Å². The molecule has 0 aromatic heterocycles. The van der Waals surface area contributed by atoms with Gasteiger partial charge in [-0.05, 0) is 12.3 Å². The maximum absolute atomic E-state index is 11.2. The van der Waals surface area contributed by atoms with E-state index in [0.29, 0.717) is 19.1 Å². The summed E-state index contributed by atoms with van der Waals surface area (Å²) < 4.78 is 14.7. The lowest BCUT2D eigenvalue weighted by molar-refractivity contribution is -0.156. The molecule has 1 unspecified atom stereocenters. The van der Waals surface area contributed by atoms with Crippen LogP contribution in [0.3, 0.4) is 0 Å². The molecule has 0 amide bonds. The fourth-order valence-electron chi connectivity index (χ4n) is 0.984. The Kier molecular flexibility index (Phi) is 10.3. The standard InChI is InChI=1S/C13H24O5/c1-4-6-7-17-12(14)9-16-10-13(15)18-8-11(3)5-2/h11H,4-10H2,1-3H3. The molecule has 0 spiro atoms. The summed E-state index contributed by atoms with van der Waals surface area (Å²) in [7, 11) is 0. The van der Waals surface area contributed by atoms with E-state index in [2.05, 4.69) is 0 Å². The average molecular weight is 260 g/mol. The van der Waals surface area contributed by atoms with Gasteiger partial charge in [0.25, 0.3) is 0 Å². The van der Waals surface area contributed by atoms with Crippen LogP contribution in [0.15, 0.2) is 0 Å². The van der Waals surface area contributed by atoms with E-state index in [0.717, 1.165) is 19.3 Å². The van der Waals surface area contributed by atoms with Crippen LogP contribution in [0.25, 0.3) is 0 Å². The molecule has 0 aromatic carbocycles. The van der Waals surface area contributed by atoms with E-state index < -0.39 is 11.9 Å². The zero-order chi connectivity index (χ0) is 13.8. The lowest BCUT2D eigenvalue weighted by atomic mass is 10.1. The highest BCUT2D eigenvalue weighted by molar-refractivity contribution is 5.73. The van der Waals surface area contributed by atoms with Gasteiger partial charge in [-0.3, -0.25) is 0 Å². The Labute approximate surface area is 109 Å². The molecule has 0 aliphatic heterocycles. The highest BCUT2D eigenvalue weighted by Crippen LogP contribution is 2.00. The van der Waals surface area contributed by atoms with Crippen molar-refractivity contribution in [2.24, 2.45) is 5.92 Å². The van der Waals surface area contributed by atoms with Crippen molar-refractivity contribution in [3.8, 4) is 0 Å². The third kappa shape index (κ3) is 10.1. The fourth-order valence-corrected chi connectivity index (χ4v) is 0.984. The van der Waals surface area contributed by atoms with Crippen LogP contribution in [0.5, 0.6) is 0 Å². The summed E-state index contributed by atoms with van der Waals surface area (Å²) in [6.07, 6.45) is 2.76. The van der Waals surface area contributed by atoms with Crippen molar-refractivity contribution in [1.29, 1.82) is 0 Å². The van der Waals surface area contributed by atoms with Crippen molar-refractivity contribution in [2.75, 3.05) is 26.4 Å². The minimum atomic E-state index is -0.448. The van der Waals surface area contributed by atoms with E-state index in [4.69, 9.17) is 14.2 Å². The maximum Gasteiger partial charge on any atom is 0.332 e. The van der Waals surface area contributed by atoms with Gasteiger partial charge in [-0.25, -0.2) is 9.59 Å². The second-order valence-corrected chi connectivity index (χ2v) is 4.26. The van der Waals surface area contributed by atoms with Gasteiger partial charge in [0.1, 0.15) is 13.2 Å². The summed E-state index contributed by atoms with van der Waals surface area (Å²) >= 11 is 0. The average Bonchev–Trinajstić information content (AvgIpc) is 2.36. The Hall–Kier alpha value is -1.10. The molecular formula is C13H24O5. The molecule has 0 aliphatic carbocycles. The highest BCUT2D eigenvalue weighted by atomic mass is 16.6. The van der Waals surface area contributed by atoms with Crippen LogP contribution >= 0.6 is 0 Å². The van der Waals surface area contributed by atoms with E-state index in [9.17, 15) is 9.59 Å². The topological polar surface area (TPSA) is 61.8 Å². The van der Waals surface area contributed by atoms with Crippen LogP contribution in [-0.2, 0) is 23.8 Å². The van der Waals surface area contributed by atoms with E-state index in [1.165, 1.54) is 0 Å². The van der Waals surface area contributed by atoms with Gasteiger partial charge in [-0.2, -0.15) is 0 Å². The Morgan fingerprint density at radius 1 is 1.06 bits per heavy atom. The van der Waals surface area contributed by atoms with Crippen LogP contribution in [0, 0.1) is 5.92 Å². The molecule has 18 heavy (non-hydrogen) atoms. The summed E-state index contributed by atoms with van der Waals surface area (Å²) in [5.74, 6) is -0.553. The zero-order valence-electron chi connectivity index (χ0n) is 11.6. The Morgan fingerprint density at radius 3 is 2.22 bits per heavy atom. The maximum atomic E-state index is 11.2. The molecule has 0 saturated heterocycles. The van der Waals surface area contributed by atoms with E-state index in [1.807, 2.05) is 20.8 Å². The molecule has 0 aliphatic rings. The molecule has 0 N–H and O–H groups in total. The van der Waals surface area contributed by atoms with Gasteiger partial charge in [0, 0.05) is 0 Å². The number of carbonyl (C=O) groups is 2. The largest absolute Gasteiger partial charge is 0.464 e. The molecule has 0 saturated carbocycles. The van der Waals surface area contributed by atoms with Gasteiger partial charge in [-0.1, -0.05) is 33.6 Å². The third-order valence-electron chi connectivity index (χ3n) is 2.43. The van der Waals surface area contributed by atoms with Gasteiger partial charge in [-0.15, -0.1) is 0 Å². The van der Waals surface area contributed by atoms with Crippen molar-refractivity contribution in [3.63, 3.8) is 0 Å². The molecule has 0 aromatic rings. The predicted molar refractivity (Wildman–Crippen MR) is 67.1 cm³/mol. The second kappa shape index (κ2) is 11.0. The van der Waals surface area contributed by atoms with Crippen LogP contribution in [0.4, 0.5) is 0 Å². The second-order valence-electron chi connectivity index (χ2n) is 4.26. The SMILES string of the molecule is CCCCOC(=O)COCC(=O)OCC(C)CC. The van der Waals surface area contributed by atoms with Gasteiger partial charge < -0.3 is 14.2 Å². The summed E-state index contributed by atoms with van der Waals surface area (Å²) in [6.45, 7) is 6.41. The van der Waals surface area contributed by atoms with Crippen molar-refractivity contribution in [2.45, 2.75) is 40.0 Å². The summed E-state index contributed by atoms with van der Waals surface area (Å²) in [6, 6.07) is 0. The monoisotopic (exact) mass is 260 g/mol. The predicted octanol–water partition coefficient (Wildman–Crippen LogP) is 1.94. The molecule has 0 bridgehead atoms. The fraction of sp³-hybridized carbons (Fsp3) is 0.846. The van der Waals surface area contributed by atoms with E-state index in [1.54, 1.807) is 0 Å². The van der Waals surface area contributed by atoms with E-state index >= 15 is 0 Å². The number of unbranched alkanes of at least 4 members (excludes halogenated alkanes) is 1. The zero-order valence-corrected chi connectivity index (χ0v) is 11.6. The number of hydrogen-bond acceptors (Lipinski definition) is 5. The first-order chi connectivity index (χ1) is 8.60. The lowest BCUT2D eigenvalue weighted by Gasteiger charge is -2.09. The highest BCUT2D eigenvalue weighted by Gasteiger charge is 2.08. The number of esters is 2. The smallest absolute Gasteiger partial charge is 0.332 e. The quantitative estimate of drug-likeness (QED) is 0.443. The normalized spacial score (nSPS) is 11.9. The summed E-state index contributed by atoms with van der Waals surface area (Å²) in [4.78, 5) is 22.3. The molecule has 1 atom stereocenters. The van der Waals surface area contributed by atoms with Gasteiger partial charge >= 0.3 is 11.9 Å². The number of hydrogen-bond donors (Lipinski definition) is 0. The molecule has 0 heterocycles. The summed E-state index contributed by atoms with van der Waals surface area (Å²) in [5, 5.41) is 0. The Bertz CT molecular complexity index is 240. The molecule has 5 heteroatoms. The van der Waals surface area contributed by atoms with Crippen LogP contribution in [-0.4, -0.2) is 38.4 Å². The Balaban J connectivity index is 3.47. The number of ether oxygens (including phenoxy) is 3. The van der Waals surface area contributed by atoms with Crippen molar-refractivity contribution >= 4 is 11.9 Å². The first kappa shape index (κ1) is 16.9. The molecule has 0 rings (SSSR count). The molecule has 0 fully saturated rings. The van der Waals surface area contributed by atoms with Gasteiger partial charge in [0.05, 0.1) is 13.2 Å². The third-order valence-corrected chi connectivity index (χ3v) is 2.43. The minimum absolute atomic E-state index is 0.206. The van der Waals surface area contributed by atoms with Crippen LogP contribution < -0.4 is 0 Å². The molecule has 106 valence electrons. The van der Waals surface area contributed by atoms with E-state index in [-0.39, 0.29) is 13.2 Å². The lowest BCUT2D eigenvalue weighted by Crippen LogP contribution is -2.20.